The number of methoxy groups -OCH3 is 2. The molecule has 25 heavy (non-hydrogen) atoms. The molecule has 2 aromatic rings. The van der Waals surface area contributed by atoms with E-state index in [-0.39, 0.29) is 18.2 Å². The van der Waals surface area contributed by atoms with Crippen LogP contribution in [0.1, 0.15) is 17.2 Å². The SMILES string of the molecule is COc1cc(OC)cc(C(Nc2cccc(C(=N)N)c2)C(=O)[O-])c1.Cl. The van der Waals surface area contributed by atoms with Gasteiger partial charge in [-0.25, -0.2) is 0 Å². The lowest BCUT2D eigenvalue weighted by Gasteiger charge is -2.22. The Labute approximate surface area is 151 Å². The highest BCUT2D eigenvalue weighted by Crippen LogP contribution is 2.28. The average Bonchev–Trinajstić information content (AvgIpc) is 2.59. The maximum absolute atomic E-state index is 11.6. The first kappa shape index (κ1) is 20.1. The van der Waals surface area contributed by atoms with Crippen LogP contribution in [0.5, 0.6) is 11.5 Å². The van der Waals surface area contributed by atoms with Crippen molar-refractivity contribution in [1.29, 1.82) is 5.41 Å². The number of hydrogen-bond acceptors (Lipinski definition) is 6. The maximum Gasteiger partial charge on any atom is 0.122 e. The number of carbonyl (C=O) groups is 1. The Morgan fingerprint density at radius 2 is 1.76 bits per heavy atom. The highest BCUT2D eigenvalue weighted by atomic mass is 35.5. The zero-order valence-electron chi connectivity index (χ0n) is 13.7. The number of rotatable bonds is 7. The summed E-state index contributed by atoms with van der Waals surface area (Å²) < 4.78 is 10.3. The molecule has 0 fully saturated rings. The van der Waals surface area contributed by atoms with Crippen molar-refractivity contribution in [1.82, 2.24) is 0 Å². The molecule has 0 aromatic heterocycles. The number of amidine groups is 1. The van der Waals surface area contributed by atoms with Crippen LogP contribution >= 0.6 is 12.4 Å². The standard InChI is InChI=1S/C17H19N3O4.ClH/c1-23-13-7-11(8-14(9-13)24-2)15(17(21)22)20-12-5-3-4-10(6-12)16(18)19;/h3-9,15,20H,1-2H3,(H3,18,19)(H,21,22);1H/p-1. The van der Waals surface area contributed by atoms with Gasteiger partial charge in [0.2, 0.25) is 0 Å². The summed E-state index contributed by atoms with van der Waals surface area (Å²) >= 11 is 0. The summed E-state index contributed by atoms with van der Waals surface area (Å²) in [4.78, 5) is 11.6. The van der Waals surface area contributed by atoms with Gasteiger partial charge in [0.25, 0.3) is 0 Å². The molecular formula is C17H19ClN3O4-. The number of halogens is 1. The third-order valence-corrected chi connectivity index (χ3v) is 3.43. The van der Waals surface area contributed by atoms with Crippen LogP contribution in [0.25, 0.3) is 0 Å². The van der Waals surface area contributed by atoms with Crippen molar-refractivity contribution < 1.29 is 19.4 Å². The van der Waals surface area contributed by atoms with Gasteiger partial charge in [-0.2, -0.15) is 0 Å². The van der Waals surface area contributed by atoms with Gasteiger partial charge in [0.05, 0.1) is 26.2 Å². The lowest BCUT2D eigenvalue weighted by atomic mass is 10.0. The first-order valence-electron chi connectivity index (χ1n) is 7.09. The van der Waals surface area contributed by atoms with Crippen LogP contribution < -0.4 is 25.6 Å². The number of carboxylic acids is 1. The number of carbonyl (C=O) groups excluding carboxylic acids is 1. The molecule has 2 rings (SSSR count). The summed E-state index contributed by atoms with van der Waals surface area (Å²) in [6, 6.07) is 10.3. The van der Waals surface area contributed by atoms with Crippen molar-refractivity contribution in [3.05, 3.63) is 53.6 Å². The second-order valence-electron chi connectivity index (χ2n) is 5.04. The molecule has 7 nitrogen and oxygen atoms in total. The minimum absolute atomic E-state index is 0. The summed E-state index contributed by atoms with van der Waals surface area (Å²) in [5.74, 6) is -0.477. The Kier molecular flexibility index (Phi) is 7.07. The minimum Gasteiger partial charge on any atom is -0.548 e. The number of nitrogen functional groups attached to an aromatic ring is 1. The second-order valence-corrected chi connectivity index (χ2v) is 5.04. The molecule has 1 unspecified atom stereocenters. The molecule has 2 aromatic carbocycles. The normalized spacial score (nSPS) is 11.0. The number of benzene rings is 2. The molecule has 8 heteroatoms. The summed E-state index contributed by atoms with van der Waals surface area (Å²) in [7, 11) is 2.96. The fourth-order valence-corrected chi connectivity index (χ4v) is 2.22. The number of nitrogens with one attached hydrogen (secondary N) is 2. The lowest BCUT2D eigenvalue weighted by Crippen LogP contribution is -2.34. The number of ether oxygens (including phenoxy) is 2. The Morgan fingerprint density at radius 1 is 1.16 bits per heavy atom. The van der Waals surface area contributed by atoms with E-state index in [0.717, 1.165) is 0 Å². The lowest BCUT2D eigenvalue weighted by molar-refractivity contribution is -0.307. The van der Waals surface area contributed by atoms with Crippen LogP contribution in [0.2, 0.25) is 0 Å². The molecule has 0 bridgehead atoms. The molecule has 0 radical (unpaired) electrons. The van der Waals surface area contributed by atoms with Gasteiger partial charge in [-0.3, -0.25) is 5.41 Å². The molecular weight excluding hydrogens is 346 g/mol. The van der Waals surface area contributed by atoms with Gasteiger partial charge in [0, 0.05) is 17.3 Å². The van der Waals surface area contributed by atoms with Crippen molar-refractivity contribution in [2.45, 2.75) is 6.04 Å². The molecule has 0 amide bonds. The highest BCUT2D eigenvalue weighted by Gasteiger charge is 2.16. The first-order valence-corrected chi connectivity index (χ1v) is 7.09. The van der Waals surface area contributed by atoms with E-state index < -0.39 is 12.0 Å². The number of hydrogen-bond donors (Lipinski definition) is 3. The molecule has 4 N–H and O–H groups in total. The second kappa shape index (κ2) is 8.79. The molecule has 0 spiro atoms. The van der Waals surface area contributed by atoms with Crippen LogP contribution in [0.4, 0.5) is 5.69 Å². The third-order valence-electron chi connectivity index (χ3n) is 3.43. The summed E-state index contributed by atoms with van der Waals surface area (Å²) in [5, 5.41) is 21.9. The Morgan fingerprint density at radius 3 is 2.24 bits per heavy atom. The van der Waals surface area contributed by atoms with Crippen LogP contribution in [0.3, 0.4) is 0 Å². The van der Waals surface area contributed by atoms with Crippen molar-refractivity contribution in [3.63, 3.8) is 0 Å². The molecule has 0 aliphatic rings. The summed E-state index contributed by atoms with van der Waals surface area (Å²) in [6.45, 7) is 0. The summed E-state index contributed by atoms with van der Waals surface area (Å²) in [5.41, 5.74) is 6.86. The number of aliphatic carboxylic acids is 1. The fraction of sp³-hybridized carbons (Fsp3) is 0.176. The van der Waals surface area contributed by atoms with Gasteiger partial charge in [0.15, 0.2) is 0 Å². The average molecular weight is 365 g/mol. The number of anilines is 1. The van der Waals surface area contributed by atoms with E-state index in [0.29, 0.717) is 28.3 Å². The molecule has 0 heterocycles. The molecule has 0 aliphatic heterocycles. The van der Waals surface area contributed by atoms with Gasteiger partial charge in [-0.15, -0.1) is 12.4 Å². The van der Waals surface area contributed by atoms with E-state index in [2.05, 4.69) is 5.32 Å². The van der Waals surface area contributed by atoms with Gasteiger partial charge < -0.3 is 30.4 Å². The van der Waals surface area contributed by atoms with Crippen LogP contribution in [0, 0.1) is 5.41 Å². The van der Waals surface area contributed by atoms with Crippen LogP contribution in [-0.4, -0.2) is 26.0 Å². The quantitative estimate of drug-likeness (QED) is 0.503. The van der Waals surface area contributed by atoms with Crippen molar-refractivity contribution in [2.24, 2.45) is 5.73 Å². The zero-order chi connectivity index (χ0) is 17.7. The van der Waals surface area contributed by atoms with Crippen molar-refractivity contribution in [3.8, 4) is 11.5 Å². The zero-order valence-corrected chi connectivity index (χ0v) is 14.6. The number of nitrogens with two attached hydrogens (primary N) is 1. The Hall–Kier alpha value is -2.93. The van der Waals surface area contributed by atoms with E-state index in [4.69, 9.17) is 20.6 Å². The molecule has 0 aliphatic carbocycles. The predicted octanol–water partition coefficient (Wildman–Crippen LogP) is 1.31. The van der Waals surface area contributed by atoms with E-state index in [9.17, 15) is 9.90 Å². The van der Waals surface area contributed by atoms with E-state index in [1.807, 2.05) is 0 Å². The van der Waals surface area contributed by atoms with Gasteiger partial charge in [-0.05, 0) is 29.8 Å². The van der Waals surface area contributed by atoms with Gasteiger partial charge in [-0.1, -0.05) is 12.1 Å². The Balaban J connectivity index is 0.00000312. The topological polar surface area (TPSA) is 120 Å². The highest BCUT2D eigenvalue weighted by molar-refractivity contribution is 5.95. The van der Waals surface area contributed by atoms with Gasteiger partial charge >= 0.3 is 0 Å². The molecule has 0 saturated heterocycles. The Bertz CT molecular complexity index is 745. The van der Waals surface area contributed by atoms with E-state index in [1.165, 1.54) is 14.2 Å². The molecule has 1 atom stereocenters. The largest absolute Gasteiger partial charge is 0.548 e. The minimum atomic E-state index is -1.31. The fourth-order valence-electron chi connectivity index (χ4n) is 2.22. The number of carboxylic acid groups (broad SMARTS) is 1. The van der Waals surface area contributed by atoms with Gasteiger partial charge in [0.1, 0.15) is 17.3 Å². The van der Waals surface area contributed by atoms with Crippen molar-refractivity contribution >= 4 is 29.9 Å². The van der Waals surface area contributed by atoms with E-state index >= 15 is 0 Å². The summed E-state index contributed by atoms with van der Waals surface area (Å²) in [6.07, 6.45) is 0. The van der Waals surface area contributed by atoms with Crippen molar-refractivity contribution in [2.75, 3.05) is 19.5 Å². The third kappa shape index (κ3) is 5.02. The predicted molar refractivity (Wildman–Crippen MR) is 95.6 cm³/mol. The molecule has 0 saturated carbocycles. The van der Waals surface area contributed by atoms with E-state index in [1.54, 1.807) is 42.5 Å². The maximum atomic E-state index is 11.6. The smallest absolute Gasteiger partial charge is 0.122 e. The molecule has 134 valence electrons. The van der Waals surface area contributed by atoms with Crippen LogP contribution in [0.15, 0.2) is 42.5 Å². The first-order chi connectivity index (χ1) is 11.4. The van der Waals surface area contributed by atoms with Crippen LogP contribution in [-0.2, 0) is 4.79 Å². The monoisotopic (exact) mass is 364 g/mol.